The lowest BCUT2D eigenvalue weighted by molar-refractivity contribution is -0.141. The van der Waals surface area contributed by atoms with E-state index in [9.17, 15) is 14.4 Å². The minimum absolute atomic E-state index is 0.190. The second kappa shape index (κ2) is 5.05. The van der Waals surface area contributed by atoms with Gasteiger partial charge in [-0.2, -0.15) is 0 Å². The van der Waals surface area contributed by atoms with Crippen molar-refractivity contribution in [1.29, 1.82) is 0 Å². The Morgan fingerprint density at radius 1 is 1.29 bits per heavy atom. The summed E-state index contributed by atoms with van der Waals surface area (Å²) in [4.78, 5) is 39.4. The van der Waals surface area contributed by atoms with Gasteiger partial charge in [0, 0.05) is 30.1 Å². The van der Waals surface area contributed by atoms with Crippen LogP contribution in [0.1, 0.15) is 16.8 Å². The van der Waals surface area contributed by atoms with Crippen LogP contribution in [0.25, 0.3) is 10.9 Å². The maximum Gasteiger partial charge on any atom is 0.308 e. The molecule has 0 saturated carbocycles. The number of carbonyl (C=O) groups is 2. The molecule has 6 heteroatoms. The van der Waals surface area contributed by atoms with E-state index in [0.29, 0.717) is 29.4 Å². The number of hydrogen-bond acceptors (Lipinski definition) is 3. The normalized spacial score (nSPS) is 18.1. The summed E-state index contributed by atoms with van der Waals surface area (Å²) < 4.78 is 0. The van der Waals surface area contributed by atoms with E-state index < -0.39 is 11.9 Å². The number of aliphatic carboxylic acids is 1. The highest BCUT2D eigenvalue weighted by molar-refractivity contribution is 6.06. The van der Waals surface area contributed by atoms with Crippen LogP contribution < -0.4 is 5.56 Å². The minimum Gasteiger partial charge on any atom is -0.481 e. The molecule has 1 amide bonds. The minimum atomic E-state index is -0.888. The molecule has 0 bridgehead atoms. The number of carbonyl (C=O) groups excluding carboxylic acids is 1. The van der Waals surface area contributed by atoms with Gasteiger partial charge in [0.05, 0.1) is 11.5 Å². The summed E-state index contributed by atoms with van der Waals surface area (Å²) in [6.45, 7) is 0.590. The number of fused-ring (bicyclic) bond motifs is 1. The smallest absolute Gasteiger partial charge is 0.308 e. The summed E-state index contributed by atoms with van der Waals surface area (Å²) >= 11 is 0. The van der Waals surface area contributed by atoms with Gasteiger partial charge in [0.1, 0.15) is 0 Å². The van der Waals surface area contributed by atoms with E-state index in [1.54, 1.807) is 24.3 Å². The molecule has 0 unspecified atom stereocenters. The number of carboxylic acids is 1. The second-order valence-corrected chi connectivity index (χ2v) is 5.17. The van der Waals surface area contributed by atoms with E-state index in [1.807, 2.05) is 0 Å². The molecule has 1 atom stereocenters. The molecule has 1 aliphatic heterocycles. The van der Waals surface area contributed by atoms with Crippen LogP contribution in [0.2, 0.25) is 0 Å². The SMILES string of the molecule is O=C(O)[C@H]1CCN(C(=O)c2cc(=O)[nH]c3ccccc23)C1. The fraction of sp³-hybridized carbons (Fsp3) is 0.267. The Kier molecular flexibility index (Phi) is 3.21. The molecule has 1 aromatic heterocycles. The van der Waals surface area contributed by atoms with Gasteiger partial charge in [0.2, 0.25) is 5.56 Å². The van der Waals surface area contributed by atoms with Gasteiger partial charge < -0.3 is 15.0 Å². The van der Waals surface area contributed by atoms with Crippen LogP contribution in [-0.4, -0.2) is 40.0 Å². The van der Waals surface area contributed by atoms with Crippen molar-refractivity contribution in [3.8, 4) is 0 Å². The van der Waals surface area contributed by atoms with Crippen LogP contribution in [0.3, 0.4) is 0 Å². The number of para-hydroxylation sites is 1. The van der Waals surface area contributed by atoms with Gasteiger partial charge in [-0.3, -0.25) is 14.4 Å². The predicted molar refractivity (Wildman–Crippen MR) is 76.2 cm³/mol. The lowest BCUT2D eigenvalue weighted by Gasteiger charge is -2.16. The summed E-state index contributed by atoms with van der Waals surface area (Å²) in [5.41, 5.74) is 0.578. The standard InChI is InChI=1S/C15H14N2O4/c18-13-7-11(10-3-1-2-4-12(10)16-13)14(19)17-6-5-9(8-17)15(20)21/h1-4,7,9H,5-6,8H2,(H,16,18)(H,20,21)/t9-/m0/s1. The molecule has 21 heavy (non-hydrogen) atoms. The number of carboxylic acid groups (broad SMARTS) is 1. The van der Waals surface area contributed by atoms with E-state index >= 15 is 0 Å². The second-order valence-electron chi connectivity index (χ2n) is 5.17. The highest BCUT2D eigenvalue weighted by atomic mass is 16.4. The highest BCUT2D eigenvalue weighted by Crippen LogP contribution is 2.22. The molecule has 2 aromatic rings. The topological polar surface area (TPSA) is 90.5 Å². The molecule has 1 aromatic carbocycles. The van der Waals surface area contributed by atoms with Gasteiger partial charge in [0.25, 0.3) is 5.91 Å². The van der Waals surface area contributed by atoms with E-state index in [-0.39, 0.29) is 18.0 Å². The third-order valence-corrected chi connectivity index (χ3v) is 3.81. The van der Waals surface area contributed by atoms with Gasteiger partial charge in [0.15, 0.2) is 0 Å². The maximum absolute atomic E-state index is 12.6. The van der Waals surface area contributed by atoms with E-state index in [2.05, 4.69) is 4.98 Å². The first kappa shape index (κ1) is 13.4. The van der Waals surface area contributed by atoms with Crippen LogP contribution in [0.15, 0.2) is 35.1 Å². The molecule has 1 aliphatic rings. The summed E-state index contributed by atoms with van der Waals surface area (Å²) in [6.07, 6.45) is 0.447. The van der Waals surface area contributed by atoms with Gasteiger partial charge in [-0.05, 0) is 12.5 Å². The lowest BCUT2D eigenvalue weighted by Crippen LogP contribution is -2.31. The first-order chi connectivity index (χ1) is 10.1. The molecule has 1 fully saturated rings. The first-order valence-electron chi connectivity index (χ1n) is 6.70. The number of aromatic amines is 1. The zero-order chi connectivity index (χ0) is 15.0. The van der Waals surface area contributed by atoms with Crippen LogP contribution in [0.4, 0.5) is 0 Å². The van der Waals surface area contributed by atoms with Crippen molar-refractivity contribution in [3.63, 3.8) is 0 Å². The zero-order valence-corrected chi connectivity index (χ0v) is 11.2. The fourth-order valence-electron chi connectivity index (χ4n) is 2.70. The van der Waals surface area contributed by atoms with E-state index in [1.165, 1.54) is 11.0 Å². The van der Waals surface area contributed by atoms with Crippen molar-refractivity contribution < 1.29 is 14.7 Å². The number of nitrogens with zero attached hydrogens (tertiary/aromatic N) is 1. The lowest BCUT2D eigenvalue weighted by atomic mass is 10.1. The van der Waals surface area contributed by atoms with Crippen molar-refractivity contribution >= 4 is 22.8 Å². The predicted octanol–water partition coefficient (Wildman–Crippen LogP) is 1.07. The fourth-order valence-corrected chi connectivity index (χ4v) is 2.70. The molecule has 2 N–H and O–H groups in total. The third kappa shape index (κ3) is 2.40. The Hall–Kier alpha value is -2.63. The van der Waals surface area contributed by atoms with Crippen LogP contribution in [0, 0.1) is 5.92 Å². The summed E-state index contributed by atoms with van der Waals surface area (Å²) in [6, 6.07) is 8.35. The summed E-state index contributed by atoms with van der Waals surface area (Å²) in [7, 11) is 0. The molecule has 0 aliphatic carbocycles. The number of benzene rings is 1. The molecule has 1 saturated heterocycles. The number of aromatic nitrogens is 1. The number of hydrogen-bond donors (Lipinski definition) is 2. The van der Waals surface area contributed by atoms with Crippen molar-refractivity contribution in [1.82, 2.24) is 9.88 Å². The van der Waals surface area contributed by atoms with Crippen molar-refractivity contribution in [3.05, 3.63) is 46.2 Å². The quantitative estimate of drug-likeness (QED) is 0.864. The monoisotopic (exact) mass is 286 g/mol. The maximum atomic E-state index is 12.6. The van der Waals surface area contributed by atoms with Crippen LogP contribution >= 0.6 is 0 Å². The number of H-pyrrole nitrogens is 1. The largest absolute Gasteiger partial charge is 0.481 e. The third-order valence-electron chi connectivity index (χ3n) is 3.81. The van der Waals surface area contributed by atoms with Crippen LogP contribution in [-0.2, 0) is 4.79 Å². The first-order valence-corrected chi connectivity index (χ1v) is 6.70. The summed E-state index contributed by atoms with van der Waals surface area (Å²) in [5.74, 6) is -1.70. The van der Waals surface area contributed by atoms with Gasteiger partial charge in [-0.25, -0.2) is 0 Å². The Balaban J connectivity index is 1.99. The highest BCUT2D eigenvalue weighted by Gasteiger charge is 2.31. The average Bonchev–Trinajstić information content (AvgIpc) is 2.95. The molecule has 2 heterocycles. The number of nitrogens with one attached hydrogen (secondary N) is 1. The number of rotatable bonds is 2. The molecular weight excluding hydrogens is 272 g/mol. The Morgan fingerprint density at radius 2 is 2.05 bits per heavy atom. The van der Waals surface area contributed by atoms with Crippen molar-refractivity contribution in [2.75, 3.05) is 13.1 Å². The zero-order valence-electron chi connectivity index (χ0n) is 11.2. The summed E-state index contributed by atoms with van der Waals surface area (Å²) in [5, 5.41) is 9.67. The molecule has 0 spiro atoms. The van der Waals surface area contributed by atoms with Crippen LogP contribution in [0.5, 0.6) is 0 Å². The molecule has 6 nitrogen and oxygen atoms in total. The number of likely N-dealkylation sites (tertiary alicyclic amines) is 1. The average molecular weight is 286 g/mol. The Morgan fingerprint density at radius 3 is 2.76 bits per heavy atom. The number of pyridine rings is 1. The van der Waals surface area contributed by atoms with Gasteiger partial charge in [-0.15, -0.1) is 0 Å². The Bertz CT molecular complexity index is 781. The van der Waals surface area contributed by atoms with Crippen molar-refractivity contribution in [2.24, 2.45) is 5.92 Å². The number of amides is 1. The van der Waals surface area contributed by atoms with Gasteiger partial charge in [-0.1, -0.05) is 18.2 Å². The Labute approximate surface area is 120 Å². The molecule has 3 rings (SSSR count). The van der Waals surface area contributed by atoms with Crippen molar-refractivity contribution in [2.45, 2.75) is 6.42 Å². The molecule has 0 radical (unpaired) electrons. The van der Waals surface area contributed by atoms with E-state index in [0.717, 1.165) is 0 Å². The van der Waals surface area contributed by atoms with Gasteiger partial charge >= 0.3 is 5.97 Å². The molecular formula is C15H14N2O4. The molecule has 108 valence electrons. The van der Waals surface area contributed by atoms with E-state index in [4.69, 9.17) is 5.11 Å².